The summed E-state index contributed by atoms with van der Waals surface area (Å²) in [7, 11) is -3.54. The minimum atomic E-state index is -3.54. The van der Waals surface area contributed by atoms with Crippen molar-refractivity contribution in [3.05, 3.63) is 52.4 Å². The normalized spacial score (nSPS) is 11.7. The number of sulfonamides is 1. The van der Waals surface area contributed by atoms with Gasteiger partial charge in [-0.3, -0.25) is 0 Å². The fraction of sp³-hybridized carbons (Fsp3) is 0.167. The van der Waals surface area contributed by atoms with E-state index in [0.717, 1.165) is 5.56 Å². The maximum atomic E-state index is 12.1. The topological polar surface area (TPSA) is 59.3 Å². The van der Waals surface area contributed by atoms with Gasteiger partial charge in [0.2, 0.25) is 10.0 Å². The van der Waals surface area contributed by atoms with Crippen molar-refractivity contribution < 1.29 is 12.8 Å². The number of hydrogen-bond acceptors (Lipinski definition) is 3. The average molecular weight is 330 g/mol. The van der Waals surface area contributed by atoms with Crippen LogP contribution in [0.5, 0.6) is 0 Å². The number of aryl methyl sites for hydroxylation is 1. The van der Waals surface area contributed by atoms with Crippen LogP contribution in [0.3, 0.4) is 0 Å². The molecule has 0 bridgehead atoms. The molecule has 1 heterocycles. The molecule has 6 heteroatoms. The summed E-state index contributed by atoms with van der Waals surface area (Å²) in [5.41, 5.74) is 0.992. The van der Waals surface area contributed by atoms with Gasteiger partial charge in [0.15, 0.2) is 0 Å². The molecule has 0 unspecified atom stereocenters. The minimum Gasteiger partial charge on any atom is -0.468 e. The smallest absolute Gasteiger partial charge is 0.242 e. The molecule has 0 atom stereocenters. The molecule has 0 aliphatic carbocycles. The van der Waals surface area contributed by atoms with Gasteiger partial charge in [0.05, 0.1) is 17.7 Å². The third-order valence-electron chi connectivity index (χ3n) is 2.39. The predicted octanol–water partition coefficient (Wildman–Crippen LogP) is 2.83. The van der Waals surface area contributed by atoms with E-state index in [1.165, 1.54) is 6.26 Å². The van der Waals surface area contributed by atoms with Gasteiger partial charge >= 0.3 is 0 Å². The molecule has 0 radical (unpaired) electrons. The maximum Gasteiger partial charge on any atom is 0.242 e. The zero-order valence-electron chi connectivity index (χ0n) is 9.68. The van der Waals surface area contributed by atoms with E-state index in [0.29, 0.717) is 10.2 Å². The number of hydrogen-bond donors (Lipinski definition) is 1. The molecule has 0 saturated heterocycles. The van der Waals surface area contributed by atoms with Crippen LogP contribution in [0.4, 0.5) is 0 Å². The third kappa shape index (κ3) is 3.01. The van der Waals surface area contributed by atoms with Gasteiger partial charge in [-0.1, -0.05) is 6.07 Å². The van der Waals surface area contributed by atoms with Crippen LogP contribution in [0.1, 0.15) is 11.3 Å². The molecule has 96 valence electrons. The first-order valence-corrected chi connectivity index (χ1v) is 7.55. The highest BCUT2D eigenvalue weighted by Gasteiger charge is 2.17. The molecular formula is C12H12BrNO3S. The first-order valence-electron chi connectivity index (χ1n) is 5.27. The molecule has 2 aromatic rings. The van der Waals surface area contributed by atoms with E-state index in [2.05, 4.69) is 20.7 Å². The zero-order valence-corrected chi connectivity index (χ0v) is 12.1. The summed E-state index contributed by atoms with van der Waals surface area (Å²) in [4.78, 5) is 0.222. The number of nitrogens with one attached hydrogen (secondary N) is 1. The van der Waals surface area contributed by atoms with Crippen molar-refractivity contribution in [2.45, 2.75) is 18.4 Å². The van der Waals surface area contributed by atoms with Gasteiger partial charge in [0, 0.05) is 4.47 Å². The molecule has 0 fully saturated rings. The summed E-state index contributed by atoms with van der Waals surface area (Å²) in [5.74, 6) is 0.571. The molecule has 1 N–H and O–H groups in total. The Hall–Kier alpha value is -1.11. The summed E-state index contributed by atoms with van der Waals surface area (Å²) in [6, 6.07) is 8.52. The lowest BCUT2D eigenvalue weighted by atomic mass is 10.2. The Morgan fingerprint density at radius 2 is 2.11 bits per heavy atom. The highest BCUT2D eigenvalue weighted by atomic mass is 79.9. The van der Waals surface area contributed by atoms with E-state index in [-0.39, 0.29) is 11.4 Å². The Balaban J connectivity index is 2.20. The Morgan fingerprint density at radius 3 is 2.72 bits per heavy atom. The second-order valence-electron chi connectivity index (χ2n) is 3.84. The summed E-state index contributed by atoms with van der Waals surface area (Å²) < 4.78 is 32.3. The third-order valence-corrected chi connectivity index (χ3v) is 4.77. The molecule has 0 amide bonds. The number of rotatable bonds is 4. The summed E-state index contributed by atoms with van der Waals surface area (Å²) in [6.45, 7) is 2.03. The maximum absolute atomic E-state index is 12.1. The Bertz CT molecular complexity index is 635. The minimum absolute atomic E-state index is 0.135. The number of furan rings is 1. The van der Waals surface area contributed by atoms with Crippen LogP contribution >= 0.6 is 15.9 Å². The van der Waals surface area contributed by atoms with E-state index in [1.807, 2.05) is 6.92 Å². The lowest BCUT2D eigenvalue weighted by molar-refractivity contribution is 0.498. The molecule has 0 aliphatic heterocycles. The van der Waals surface area contributed by atoms with E-state index >= 15 is 0 Å². The van der Waals surface area contributed by atoms with Crippen molar-refractivity contribution in [2.24, 2.45) is 0 Å². The first kappa shape index (κ1) is 13.3. The predicted molar refractivity (Wildman–Crippen MR) is 71.6 cm³/mol. The second-order valence-corrected chi connectivity index (χ2v) is 6.43. The molecule has 18 heavy (non-hydrogen) atoms. The quantitative estimate of drug-likeness (QED) is 0.938. The molecular weight excluding hydrogens is 318 g/mol. The first-order chi connectivity index (χ1) is 8.49. The van der Waals surface area contributed by atoms with Gasteiger partial charge < -0.3 is 4.42 Å². The summed E-state index contributed by atoms with van der Waals surface area (Å²) in [5, 5.41) is 0. The number of halogens is 1. The van der Waals surface area contributed by atoms with Crippen LogP contribution in [0.2, 0.25) is 0 Å². The van der Waals surface area contributed by atoms with Gasteiger partial charge in [0.1, 0.15) is 5.76 Å². The van der Waals surface area contributed by atoms with E-state index in [1.54, 1.807) is 30.3 Å². The zero-order chi connectivity index (χ0) is 13.2. The van der Waals surface area contributed by atoms with Crippen molar-refractivity contribution in [1.82, 2.24) is 4.72 Å². The van der Waals surface area contributed by atoms with Gasteiger partial charge in [0.25, 0.3) is 0 Å². The molecule has 0 spiro atoms. The highest BCUT2D eigenvalue weighted by molar-refractivity contribution is 9.10. The largest absolute Gasteiger partial charge is 0.468 e. The van der Waals surface area contributed by atoms with Crippen LogP contribution in [0.15, 0.2) is 50.4 Å². The molecule has 4 nitrogen and oxygen atoms in total. The summed E-state index contributed by atoms with van der Waals surface area (Å²) >= 11 is 3.26. The Morgan fingerprint density at radius 1 is 1.33 bits per heavy atom. The lowest BCUT2D eigenvalue weighted by Gasteiger charge is -2.08. The number of benzene rings is 1. The Labute approximate surface area is 114 Å². The van der Waals surface area contributed by atoms with Crippen LogP contribution in [-0.2, 0) is 16.6 Å². The summed E-state index contributed by atoms with van der Waals surface area (Å²) in [6.07, 6.45) is 1.51. The van der Waals surface area contributed by atoms with Crippen LogP contribution in [0, 0.1) is 6.92 Å². The molecule has 1 aromatic heterocycles. The van der Waals surface area contributed by atoms with E-state index in [9.17, 15) is 8.42 Å². The van der Waals surface area contributed by atoms with Crippen molar-refractivity contribution >= 4 is 26.0 Å². The van der Waals surface area contributed by atoms with Gasteiger partial charge in [-0.25, -0.2) is 13.1 Å². The lowest BCUT2D eigenvalue weighted by Crippen LogP contribution is -2.23. The van der Waals surface area contributed by atoms with Crippen molar-refractivity contribution in [1.29, 1.82) is 0 Å². The molecule has 0 aliphatic rings. The fourth-order valence-electron chi connectivity index (χ4n) is 1.48. The fourth-order valence-corrected chi connectivity index (χ4v) is 3.66. The molecule has 1 aromatic carbocycles. The van der Waals surface area contributed by atoms with Crippen LogP contribution < -0.4 is 4.72 Å². The van der Waals surface area contributed by atoms with Crippen LogP contribution in [0.25, 0.3) is 0 Å². The van der Waals surface area contributed by atoms with Gasteiger partial charge in [-0.2, -0.15) is 0 Å². The second kappa shape index (κ2) is 5.26. The van der Waals surface area contributed by atoms with E-state index < -0.39 is 10.0 Å². The van der Waals surface area contributed by atoms with Gasteiger partial charge in [-0.15, -0.1) is 0 Å². The standard InChI is InChI=1S/C12H12BrNO3S/c1-9-4-5-12(11(13)7-9)18(15,16)14-8-10-3-2-6-17-10/h2-7,14H,8H2,1H3. The van der Waals surface area contributed by atoms with Crippen molar-refractivity contribution in [3.63, 3.8) is 0 Å². The highest BCUT2D eigenvalue weighted by Crippen LogP contribution is 2.23. The van der Waals surface area contributed by atoms with Gasteiger partial charge in [-0.05, 0) is 52.7 Å². The molecule has 2 rings (SSSR count). The molecule has 0 saturated carbocycles. The van der Waals surface area contributed by atoms with Crippen molar-refractivity contribution in [2.75, 3.05) is 0 Å². The van der Waals surface area contributed by atoms with Crippen molar-refractivity contribution in [3.8, 4) is 0 Å². The van der Waals surface area contributed by atoms with E-state index in [4.69, 9.17) is 4.42 Å². The average Bonchev–Trinajstić information content (AvgIpc) is 2.78. The van der Waals surface area contributed by atoms with Crippen LogP contribution in [-0.4, -0.2) is 8.42 Å². The Kier molecular flexibility index (Phi) is 3.89. The SMILES string of the molecule is Cc1ccc(S(=O)(=O)NCc2ccco2)c(Br)c1. The monoisotopic (exact) mass is 329 g/mol.